The fourth-order valence-corrected chi connectivity index (χ4v) is 3.56. The molecule has 3 rings (SSSR count). The molecule has 1 amide bonds. The first-order valence-electron chi connectivity index (χ1n) is 7.75. The van der Waals surface area contributed by atoms with Crippen LogP contribution in [0.4, 0.5) is 0 Å². The van der Waals surface area contributed by atoms with Crippen molar-refractivity contribution in [2.75, 3.05) is 13.1 Å². The summed E-state index contributed by atoms with van der Waals surface area (Å²) in [6, 6.07) is 12.7. The minimum atomic E-state index is -0.322. The summed E-state index contributed by atoms with van der Waals surface area (Å²) < 4.78 is 0. The summed E-state index contributed by atoms with van der Waals surface area (Å²) in [6.07, 6.45) is 3.36. The van der Waals surface area contributed by atoms with Gasteiger partial charge in [0.05, 0.1) is 0 Å². The van der Waals surface area contributed by atoms with Crippen molar-refractivity contribution in [3.8, 4) is 0 Å². The maximum Gasteiger partial charge on any atom is 0.248 e. The summed E-state index contributed by atoms with van der Waals surface area (Å²) in [5.74, 6) is -0.322. The fraction of sp³-hybridized carbons (Fsp3) is 0.389. The second kappa shape index (κ2) is 7.12. The molecule has 1 heterocycles. The molecule has 3 nitrogen and oxygen atoms in total. The van der Waals surface area contributed by atoms with Gasteiger partial charge in [0.2, 0.25) is 5.91 Å². The number of rotatable bonds is 4. The molecule has 2 N–H and O–H groups in total. The summed E-state index contributed by atoms with van der Waals surface area (Å²) in [7, 11) is 0. The van der Waals surface area contributed by atoms with Crippen molar-refractivity contribution < 1.29 is 4.79 Å². The molecule has 0 bridgehead atoms. The predicted molar refractivity (Wildman–Crippen MR) is 93.7 cm³/mol. The molecule has 1 unspecified atom stereocenters. The van der Waals surface area contributed by atoms with Gasteiger partial charge in [-0.25, -0.2) is 0 Å². The van der Waals surface area contributed by atoms with Crippen LogP contribution in [0.3, 0.4) is 0 Å². The second-order valence-electron chi connectivity index (χ2n) is 5.81. The number of likely N-dealkylation sites (tertiary alicyclic amines) is 1. The van der Waals surface area contributed by atoms with Gasteiger partial charge in [-0.1, -0.05) is 37.3 Å². The third-order valence-corrected chi connectivity index (χ3v) is 4.65. The number of hydrogen-bond acceptors (Lipinski definition) is 2. The van der Waals surface area contributed by atoms with Gasteiger partial charge in [-0.3, -0.25) is 4.79 Å². The first-order valence-corrected chi connectivity index (χ1v) is 7.75. The summed E-state index contributed by atoms with van der Waals surface area (Å²) >= 11 is 0. The number of halogens is 1. The van der Waals surface area contributed by atoms with Crippen molar-refractivity contribution in [2.24, 2.45) is 5.73 Å². The van der Waals surface area contributed by atoms with Crippen LogP contribution in [0.5, 0.6) is 0 Å². The normalized spacial score (nSPS) is 18.3. The Labute approximate surface area is 137 Å². The van der Waals surface area contributed by atoms with E-state index < -0.39 is 0 Å². The Kier molecular flexibility index (Phi) is 5.43. The van der Waals surface area contributed by atoms with Crippen molar-refractivity contribution in [1.29, 1.82) is 0 Å². The Bertz CT molecular complexity index is 671. The van der Waals surface area contributed by atoms with Crippen LogP contribution in [0.15, 0.2) is 36.4 Å². The highest BCUT2D eigenvalue weighted by Crippen LogP contribution is 2.28. The van der Waals surface area contributed by atoms with E-state index in [1.807, 2.05) is 24.3 Å². The largest absolute Gasteiger partial charge is 0.366 e. The van der Waals surface area contributed by atoms with E-state index in [1.165, 1.54) is 18.2 Å². The van der Waals surface area contributed by atoms with Crippen LogP contribution in [0.25, 0.3) is 10.8 Å². The Hall–Kier alpha value is -1.58. The van der Waals surface area contributed by atoms with Crippen molar-refractivity contribution in [2.45, 2.75) is 32.2 Å². The van der Waals surface area contributed by atoms with E-state index in [4.69, 9.17) is 5.73 Å². The monoisotopic (exact) mass is 318 g/mol. The molecular weight excluding hydrogens is 296 g/mol. The summed E-state index contributed by atoms with van der Waals surface area (Å²) in [5, 5.41) is 2.34. The van der Waals surface area contributed by atoms with Gasteiger partial charge < -0.3 is 10.6 Å². The van der Waals surface area contributed by atoms with Crippen LogP contribution in [0, 0.1) is 0 Å². The van der Waals surface area contributed by atoms with Gasteiger partial charge in [-0.15, -0.1) is 12.4 Å². The number of carbonyl (C=O) groups is 1. The Balaban J connectivity index is 0.00000176. The number of amides is 1. The van der Waals surface area contributed by atoms with Crippen molar-refractivity contribution >= 4 is 29.1 Å². The molecule has 4 heteroatoms. The zero-order valence-corrected chi connectivity index (χ0v) is 13.7. The van der Waals surface area contributed by atoms with Gasteiger partial charge in [-0.2, -0.15) is 0 Å². The molecule has 0 radical (unpaired) electrons. The Morgan fingerprint density at radius 1 is 1.27 bits per heavy atom. The molecule has 1 aliphatic heterocycles. The summed E-state index contributed by atoms with van der Waals surface area (Å²) in [4.78, 5) is 14.3. The van der Waals surface area contributed by atoms with Gasteiger partial charge >= 0.3 is 0 Å². The zero-order chi connectivity index (χ0) is 14.8. The number of nitrogens with two attached hydrogens (primary N) is 1. The lowest BCUT2D eigenvalue weighted by Gasteiger charge is -2.24. The lowest BCUT2D eigenvalue weighted by Crippen LogP contribution is -2.31. The van der Waals surface area contributed by atoms with Crippen LogP contribution in [0.1, 0.15) is 35.7 Å². The maximum absolute atomic E-state index is 11.8. The Morgan fingerprint density at radius 3 is 2.77 bits per heavy atom. The van der Waals surface area contributed by atoms with Crippen LogP contribution in [-0.2, 0) is 6.42 Å². The molecule has 0 spiro atoms. The zero-order valence-electron chi connectivity index (χ0n) is 12.9. The molecular formula is C18H23ClN2O. The molecule has 1 saturated heterocycles. The number of benzene rings is 2. The molecule has 1 aliphatic rings. The molecule has 2 aromatic carbocycles. The van der Waals surface area contributed by atoms with Gasteiger partial charge in [0.1, 0.15) is 0 Å². The lowest BCUT2D eigenvalue weighted by molar-refractivity contribution is 0.0999. The average molecular weight is 319 g/mol. The second-order valence-corrected chi connectivity index (χ2v) is 5.81. The third kappa shape index (κ3) is 3.11. The topological polar surface area (TPSA) is 46.3 Å². The molecule has 2 aromatic rings. The SMILES string of the molecule is CCN1CCCC1Cc1c(C(N)=O)ccc2ccccc12.Cl. The molecule has 0 aromatic heterocycles. The van der Waals surface area contributed by atoms with E-state index >= 15 is 0 Å². The van der Waals surface area contributed by atoms with E-state index in [0.717, 1.165) is 30.5 Å². The quantitative estimate of drug-likeness (QED) is 0.939. The van der Waals surface area contributed by atoms with E-state index in [-0.39, 0.29) is 18.3 Å². The Morgan fingerprint density at radius 2 is 2.05 bits per heavy atom. The highest BCUT2D eigenvalue weighted by atomic mass is 35.5. The number of hydrogen-bond donors (Lipinski definition) is 1. The summed E-state index contributed by atoms with van der Waals surface area (Å²) in [6.45, 7) is 4.44. The fourth-order valence-electron chi connectivity index (χ4n) is 3.56. The van der Waals surface area contributed by atoms with Crippen LogP contribution in [-0.4, -0.2) is 29.9 Å². The standard InChI is InChI=1S/C18H22N2O.ClH/c1-2-20-11-5-7-14(20)12-17-15-8-4-3-6-13(15)9-10-16(17)18(19)21;/h3-4,6,8-10,14H,2,5,7,11-12H2,1H3,(H2,19,21);1H. The minimum Gasteiger partial charge on any atom is -0.366 e. The highest BCUT2D eigenvalue weighted by Gasteiger charge is 2.25. The first-order chi connectivity index (χ1) is 10.2. The lowest BCUT2D eigenvalue weighted by atomic mass is 9.92. The van der Waals surface area contributed by atoms with E-state index in [9.17, 15) is 4.79 Å². The summed E-state index contributed by atoms with van der Waals surface area (Å²) in [5.41, 5.74) is 7.39. The van der Waals surface area contributed by atoms with Crippen LogP contribution < -0.4 is 5.73 Å². The third-order valence-electron chi connectivity index (χ3n) is 4.65. The number of likely N-dealkylation sites (N-methyl/N-ethyl adjacent to an activating group) is 1. The van der Waals surface area contributed by atoms with Gasteiger partial charge in [0, 0.05) is 11.6 Å². The molecule has 0 aliphatic carbocycles. The predicted octanol–water partition coefficient (Wildman–Crippen LogP) is 3.39. The van der Waals surface area contributed by atoms with Crippen LogP contribution in [0.2, 0.25) is 0 Å². The van der Waals surface area contributed by atoms with E-state index in [2.05, 4.69) is 24.0 Å². The first kappa shape index (κ1) is 16.8. The van der Waals surface area contributed by atoms with E-state index in [0.29, 0.717) is 11.6 Å². The maximum atomic E-state index is 11.8. The number of fused-ring (bicyclic) bond motifs is 1. The molecule has 118 valence electrons. The molecule has 22 heavy (non-hydrogen) atoms. The van der Waals surface area contributed by atoms with Gasteiger partial charge in [0.15, 0.2) is 0 Å². The van der Waals surface area contributed by atoms with Crippen LogP contribution >= 0.6 is 12.4 Å². The van der Waals surface area contributed by atoms with Crippen molar-refractivity contribution in [3.63, 3.8) is 0 Å². The number of primary amides is 1. The highest BCUT2D eigenvalue weighted by molar-refractivity contribution is 6.00. The minimum absolute atomic E-state index is 0. The van der Waals surface area contributed by atoms with E-state index in [1.54, 1.807) is 0 Å². The smallest absolute Gasteiger partial charge is 0.248 e. The average Bonchev–Trinajstić information content (AvgIpc) is 2.94. The van der Waals surface area contributed by atoms with Gasteiger partial charge in [-0.05, 0) is 54.8 Å². The van der Waals surface area contributed by atoms with Crippen molar-refractivity contribution in [1.82, 2.24) is 4.90 Å². The molecule has 1 fully saturated rings. The van der Waals surface area contributed by atoms with Gasteiger partial charge in [0.25, 0.3) is 0 Å². The molecule has 1 atom stereocenters. The molecule has 0 saturated carbocycles. The number of carbonyl (C=O) groups excluding carboxylic acids is 1. The number of nitrogens with zero attached hydrogens (tertiary/aromatic N) is 1. The van der Waals surface area contributed by atoms with Crippen molar-refractivity contribution in [3.05, 3.63) is 47.5 Å².